The molecule has 126 valence electrons. The lowest BCUT2D eigenvalue weighted by molar-refractivity contribution is -0.135. The summed E-state index contributed by atoms with van der Waals surface area (Å²) in [6, 6.07) is 1.90. The van der Waals surface area contributed by atoms with Crippen molar-refractivity contribution in [2.75, 3.05) is 33.3 Å². The van der Waals surface area contributed by atoms with Crippen LogP contribution in [-0.2, 0) is 4.79 Å². The van der Waals surface area contributed by atoms with Crippen molar-refractivity contribution in [3.63, 3.8) is 0 Å². The number of piperidine rings is 1. The number of likely N-dealkylation sites (tertiary alicyclic amines) is 2. The summed E-state index contributed by atoms with van der Waals surface area (Å²) >= 11 is 1.46. The van der Waals surface area contributed by atoms with Crippen molar-refractivity contribution in [3.05, 3.63) is 15.8 Å². The summed E-state index contributed by atoms with van der Waals surface area (Å²) in [7, 11) is 1.59. The number of thiophene rings is 1. The molecule has 1 atom stereocenters. The Hall–Kier alpha value is -1.56. The summed E-state index contributed by atoms with van der Waals surface area (Å²) in [6.07, 6.45) is 3.99. The Morgan fingerprint density at radius 2 is 1.87 bits per heavy atom. The van der Waals surface area contributed by atoms with E-state index in [-0.39, 0.29) is 17.7 Å². The highest BCUT2D eigenvalue weighted by molar-refractivity contribution is 7.14. The minimum atomic E-state index is -0.0437. The maximum atomic E-state index is 12.8. The van der Waals surface area contributed by atoms with Crippen LogP contribution >= 0.6 is 11.3 Å². The van der Waals surface area contributed by atoms with E-state index in [1.54, 1.807) is 7.11 Å². The van der Waals surface area contributed by atoms with Crippen LogP contribution in [0.2, 0.25) is 0 Å². The van der Waals surface area contributed by atoms with Gasteiger partial charge in [-0.25, -0.2) is 0 Å². The Morgan fingerprint density at radius 1 is 1.17 bits per heavy atom. The van der Waals surface area contributed by atoms with E-state index in [4.69, 9.17) is 4.74 Å². The average Bonchev–Trinajstić information content (AvgIpc) is 3.22. The van der Waals surface area contributed by atoms with Gasteiger partial charge in [0.15, 0.2) is 0 Å². The van der Waals surface area contributed by atoms with E-state index in [2.05, 4.69) is 0 Å². The Labute approximate surface area is 141 Å². The molecule has 2 aliphatic rings. The lowest BCUT2D eigenvalue weighted by atomic mass is 9.96. The highest BCUT2D eigenvalue weighted by Crippen LogP contribution is 2.31. The van der Waals surface area contributed by atoms with Crippen LogP contribution in [0, 0.1) is 12.8 Å². The molecule has 1 unspecified atom stereocenters. The van der Waals surface area contributed by atoms with Gasteiger partial charge in [-0.15, -0.1) is 11.3 Å². The van der Waals surface area contributed by atoms with Gasteiger partial charge in [-0.2, -0.15) is 0 Å². The van der Waals surface area contributed by atoms with Gasteiger partial charge in [-0.05, 0) is 38.7 Å². The molecule has 0 bridgehead atoms. The van der Waals surface area contributed by atoms with Crippen LogP contribution in [0.4, 0.5) is 0 Å². The van der Waals surface area contributed by atoms with Crippen LogP contribution in [0.15, 0.2) is 6.07 Å². The molecule has 5 nitrogen and oxygen atoms in total. The predicted molar refractivity (Wildman–Crippen MR) is 90.0 cm³/mol. The molecular weight excluding hydrogens is 312 g/mol. The van der Waals surface area contributed by atoms with Crippen molar-refractivity contribution in [1.82, 2.24) is 9.80 Å². The molecule has 0 spiro atoms. The maximum Gasteiger partial charge on any atom is 0.267 e. The van der Waals surface area contributed by atoms with E-state index < -0.39 is 0 Å². The fourth-order valence-corrected chi connectivity index (χ4v) is 4.44. The van der Waals surface area contributed by atoms with Crippen LogP contribution in [0.5, 0.6) is 5.75 Å². The summed E-state index contributed by atoms with van der Waals surface area (Å²) in [4.78, 5) is 30.9. The molecule has 2 aliphatic heterocycles. The third kappa shape index (κ3) is 3.37. The quantitative estimate of drug-likeness (QED) is 0.852. The van der Waals surface area contributed by atoms with Gasteiger partial charge in [0.1, 0.15) is 10.6 Å². The number of amides is 2. The predicted octanol–water partition coefficient (Wildman–Crippen LogP) is 2.54. The first kappa shape index (κ1) is 16.3. The van der Waals surface area contributed by atoms with Gasteiger partial charge in [0.25, 0.3) is 5.91 Å². The van der Waals surface area contributed by atoms with Crippen LogP contribution in [0.3, 0.4) is 0 Å². The fourth-order valence-electron chi connectivity index (χ4n) is 3.49. The first-order valence-corrected chi connectivity index (χ1v) is 9.14. The van der Waals surface area contributed by atoms with Crippen LogP contribution < -0.4 is 4.74 Å². The molecule has 3 rings (SSSR count). The van der Waals surface area contributed by atoms with Gasteiger partial charge in [-0.3, -0.25) is 9.59 Å². The van der Waals surface area contributed by atoms with Crippen molar-refractivity contribution >= 4 is 23.2 Å². The molecule has 6 heteroatoms. The lowest BCUT2D eigenvalue weighted by Crippen LogP contribution is -2.46. The smallest absolute Gasteiger partial charge is 0.267 e. The zero-order valence-corrected chi connectivity index (χ0v) is 14.7. The van der Waals surface area contributed by atoms with Crippen molar-refractivity contribution in [1.29, 1.82) is 0 Å². The summed E-state index contributed by atoms with van der Waals surface area (Å²) in [6.45, 7) is 4.99. The van der Waals surface area contributed by atoms with E-state index in [9.17, 15) is 9.59 Å². The second kappa shape index (κ2) is 6.91. The van der Waals surface area contributed by atoms with Crippen LogP contribution in [0.25, 0.3) is 0 Å². The molecule has 23 heavy (non-hydrogen) atoms. The van der Waals surface area contributed by atoms with Crippen molar-refractivity contribution in [2.45, 2.75) is 32.6 Å². The first-order chi connectivity index (χ1) is 11.1. The fraction of sp³-hybridized carbons (Fsp3) is 0.647. The third-order valence-corrected chi connectivity index (χ3v) is 5.73. The van der Waals surface area contributed by atoms with E-state index >= 15 is 0 Å². The summed E-state index contributed by atoms with van der Waals surface area (Å²) in [5, 5.41) is 0. The topological polar surface area (TPSA) is 49.9 Å². The number of carbonyl (C=O) groups is 2. The highest BCUT2D eigenvalue weighted by atomic mass is 32.1. The molecule has 0 N–H and O–H groups in total. The second-order valence-electron chi connectivity index (χ2n) is 6.38. The Kier molecular flexibility index (Phi) is 4.90. The molecule has 0 radical (unpaired) electrons. The molecular formula is C17H24N2O3S. The van der Waals surface area contributed by atoms with E-state index in [1.165, 1.54) is 11.3 Å². The van der Waals surface area contributed by atoms with Gasteiger partial charge in [-0.1, -0.05) is 0 Å². The van der Waals surface area contributed by atoms with Gasteiger partial charge < -0.3 is 14.5 Å². The number of hydrogen-bond acceptors (Lipinski definition) is 4. The first-order valence-electron chi connectivity index (χ1n) is 8.32. The summed E-state index contributed by atoms with van der Waals surface area (Å²) in [5.41, 5.74) is 0. The minimum absolute atomic E-state index is 0.00104. The Bertz CT molecular complexity index is 593. The normalized spacial score (nSPS) is 21.6. The van der Waals surface area contributed by atoms with Gasteiger partial charge in [0, 0.05) is 31.1 Å². The average molecular weight is 336 g/mol. The molecule has 2 saturated heterocycles. The van der Waals surface area contributed by atoms with E-state index in [0.717, 1.165) is 50.2 Å². The van der Waals surface area contributed by atoms with Crippen molar-refractivity contribution in [3.8, 4) is 5.75 Å². The molecule has 3 heterocycles. The number of methoxy groups -OCH3 is 1. The van der Waals surface area contributed by atoms with Gasteiger partial charge >= 0.3 is 0 Å². The number of nitrogens with zero attached hydrogens (tertiary/aromatic N) is 2. The zero-order valence-electron chi connectivity index (χ0n) is 13.8. The third-order valence-electron chi connectivity index (χ3n) is 4.71. The highest BCUT2D eigenvalue weighted by Gasteiger charge is 2.33. The Balaban J connectivity index is 1.70. The van der Waals surface area contributed by atoms with Crippen molar-refractivity contribution < 1.29 is 14.3 Å². The molecule has 2 amide bonds. The largest absolute Gasteiger partial charge is 0.495 e. The van der Waals surface area contributed by atoms with Crippen LogP contribution in [-0.4, -0.2) is 54.9 Å². The summed E-state index contributed by atoms with van der Waals surface area (Å²) < 4.78 is 5.32. The molecule has 0 aromatic carbocycles. The monoisotopic (exact) mass is 336 g/mol. The number of ether oxygens (including phenoxy) is 1. The van der Waals surface area contributed by atoms with E-state index in [0.29, 0.717) is 17.2 Å². The van der Waals surface area contributed by atoms with Crippen LogP contribution in [0.1, 0.15) is 40.2 Å². The standard InChI is InChI=1S/C17H24N2O3S/c1-12-10-14(22-2)15(23-12)17(21)19-9-5-6-13(11-19)16(20)18-7-3-4-8-18/h10,13H,3-9,11H2,1-2H3. The lowest BCUT2D eigenvalue weighted by Gasteiger charge is -2.33. The minimum Gasteiger partial charge on any atom is -0.495 e. The summed E-state index contributed by atoms with van der Waals surface area (Å²) in [5.74, 6) is 0.830. The second-order valence-corrected chi connectivity index (χ2v) is 7.63. The SMILES string of the molecule is COc1cc(C)sc1C(=O)N1CCCC(C(=O)N2CCCC2)C1. The van der Waals surface area contributed by atoms with E-state index in [1.807, 2.05) is 22.8 Å². The number of rotatable bonds is 3. The van der Waals surface area contributed by atoms with Gasteiger partial charge in [0.2, 0.25) is 5.91 Å². The molecule has 1 aromatic rings. The molecule has 0 aliphatic carbocycles. The molecule has 2 fully saturated rings. The number of carbonyl (C=O) groups excluding carboxylic acids is 2. The molecule has 0 saturated carbocycles. The number of aryl methyl sites for hydroxylation is 1. The Morgan fingerprint density at radius 3 is 2.57 bits per heavy atom. The maximum absolute atomic E-state index is 12.8. The molecule has 1 aromatic heterocycles. The van der Waals surface area contributed by atoms with Crippen molar-refractivity contribution in [2.24, 2.45) is 5.92 Å². The zero-order chi connectivity index (χ0) is 16.4. The van der Waals surface area contributed by atoms with Gasteiger partial charge in [0.05, 0.1) is 13.0 Å². The number of hydrogen-bond donors (Lipinski definition) is 0.